The lowest BCUT2D eigenvalue weighted by Crippen LogP contribution is -1.93. The molecule has 0 atom stereocenters. The molecule has 0 saturated carbocycles. The van der Waals surface area contributed by atoms with Gasteiger partial charge in [-0.1, -0.05) is 0 Å². The molecule has 0 aliphatic carbocycles. The number of ether oxygens (including phenoxy) is 2. The van der Waals surface area contributed by atoms with Crippen molar-refractivity contribution >= 4 is 22.1 Å². The Labute approximate surface area is 105 Å². The van der Waals surface area contributed by atoms with Crippen molar-refractivity contribution < 1.29 is 9.47 Å². The van der Waals surface area contributed by atoms with Crippen LogP contribution < -0.4 is 9.47 Å². The average molecular weight is 295 g/mol. The summed E-state index contributed by atoms with van der Waals surface area (Å²) in [5.41, 5.74) is 0.879. The van der Waals surface area contributed by atoms with E-state index >= 15 is 0 Å². The van der Waals surface area contributed by atoms with Gasteiger partial charge in [-0.15, -0.1) is 9.89 Å². The molecule has 0 bridgehead atoms. The van der Waals surface area contributed by atoms with Crippen LogP contribution in [-0.4, -0.2) is 27.9 Å². The Hall–Kier alpha value is -1.89. The van der Waals surface area contributed by atoms with Gasteiger partial charge in [-0.05, 0) is 28.1 Å². The van der Waals surface area contributed by atoms with Gasteiger partial charge >= 0.3 is 0 Å². The van der Waals surface area contributed by atoms with E-state index in [2.05, 4.69) is 31.1 Å². The van der Waals surface area contributed by atoms with Crippen molar-refractivity contribution in [1.29, 1.82) is 0 Å². The van der Waals surface area contributed by atoms with Crippen LogP contribution in [0, 0.1) is 0 Å². The molecule has 0 saturated heterocycles. The van der Waals surface area contributed by atoms with Crippen LogP contribution in [-0.2, 0) is 0 Å². The standard InChI is InChI=1S/C10H7BrN4O2/c11-8-2-10-9(16-6-17-10)1-7(8)3-13-15-5-12-4-14-15/h1-5H,6H2/b13-3+. The molecule has 3 rings (SSSR count). The average Bonchev–Trinajstić information content (AvgIpc) is 2.95. The van der Waals surface area contributed by atoms with E-state index in [1.54, 1.807) is 6.21 Å². The Kier molecular flexibility index (Phi) is 2.52. The van der Waals surface area contributed by atoms with Crippen molar-refractivity contribution in [3.05, 3.63) is 34.8 Å². The summed E-state index contributed by atoms with van der Waals surface area (Å²) in [6.45, 7) is 0.255. The molecule has 2 heterocycles. The van der Waals surface area contributed by atoms with E-state index < -0.39 is 0 Å². The van der Waals surface area contributed by atoms with Crippen molar-refractivity contribution in [2.45, 2.75) is 0 Å². The molecule has 86 valence electrons. The molecule has 0 fully saturated rings. The van der Waals surface area contributed by atoms with Gasteiger partial charge in [0.15, 0.2) is 11.5 Å². The zero-order valence-corrected chi connectivity index (χ0v) is 10.2. The van der Waals surface area contributed by atoms with Gasteiger partial charge in [0.25, 0.3) is 0 Å². The number of nitrogens with zero attached hydrogens (tertiary/aromatic N) is 4. The fraction of sp³-hybridized carbons (Fsp3) is 0.100. The molecule has 1 aromatic carbocycles. The quantitative estimate of drug-likeness (QED) is 0.790. The summed E-state index contributed by atoms with van der Waals surface area (Å²) >= 11 is 3.44. The van der Waals surface area contributed by atoms with Crippen LogP contribution >= 0.6 is 15.9 Å². The summed E-state index contributed by atoms with van der Waals surface area (Å²) < 4.78 is 11.4. The topological polar surface area (TPSA) is 61.5 Å². The van der Waals surface area contributed by atoms with Crippen LogP contribution in [0.1, 0.15) is 5.56 Å². The second kappa shape index (κ2) is 4.17. The number of benzene rings is 1. The van der Waals surface area contributed by atoms with E-state index in [1.165, 1.54) is 17.4 Å². The Morgan fingerprint density at radius 2 is 2.18 bits per heavy atom. The number of hydrogen-bond acceptors (Lipinski definition) is 5. The van der Waals surface area contributed by atoms with Crippen LogP contribution in [0.5, 0.6) is 11.5 Å². The molecule has 17 heavy (non-hydrogen) atoms. The maximum atomic E-state index is 5.29. The Bertz CT molecular complexity index is 568. The van der Waals surface area contributed by atoms with E-state index in [0.717, 1.165) is 15.8 Å². The van der Waals surface area contributed by atoms with Gasteiger partial charge in [-0.2, -0.15) is 5.10 Å². The minimum absolute atomic E-state index is 0.255. The van der Waals surface area contributed by atoms with Crippen molar-refractivity contribution in [3.63, 3.8) is 0 Å². The molecule has 0 spiro atoms. The molecule has 0 unspecified atom stereocenters. The molecular formula is C10H7BrN4O2. The van der Waals surface area contributed by atoms with Gasteiger partial charge in [0, 0.05) is 10.0 Å². The fourth-order valence-electron chi connectivity index (χ4n) is 1.41. The van der Waals surface area contributed by atoms with E-state index in [9.17, 15) is 0 Å². The third-order valence-electron chi connectivity index (χ3n) is 2.21. The minimum atomic E-state index is 0.255. The van der Waals surface area contributed by atoms with Gasteiger partial charge in [-0.3, -0.25) is 0 Å². The van der Waals surface area contributed by atoms with Crippen LogP contribution in [0.25, 0.3) is 0 Å². The van der Waals surface area contributed by atoms with Gasteiger partial charge in [-0.25, -0.2) is 4.98 Å². The Morgan fingerprint density at radius 3 is 2.94 bits per heavy atom. The van der Waals surface area contributed by atoms with Gasteiger partial charge in [0.05, 0.1) is 6.21 Å². The number of halogens is 1. The third-order valence-corrected chi connectivity index (χ3v) is 2.90. The van der Waals surface area contributed by atoms with Gasteiger partial charge in [0.2, 0.25) is 6.79 Å². The van der Waals surface area contributed by atoms with Crippen LogP contribution in [0.15, 0.2) is 34.4 Å². The lowest BCUT2D eigenvalue weighted by Gasteiger charge is -2.00. The summed E-state index contributed by atoms with van der Waals surface area (Å²) in [7, 11) is 0. The number of aromatic nitrogens is 3. The lowest BCUT2D eigenvalue weighted by molar-refractivity contribution is 0.174. The first-order valence-electron chi connectivity index (χ1n) is 4.81. The van der Waals surface area contributed by atoms with Crippen molar-refractivity contribution in [2.24, 2.45) is 5.10 Å². The molecule has 2 aromatic rings. The Balaban J connectivity index is 1.93. The predicted molar refractivity (Wildman–Crippen MR) is 63.3 cm³/mol. The summed E-state index contributed by atoms with van der Waals surface area (Å²) in [6, 6.07) is 3.71. The highest BCUT2D eigenvalue weighted by Gasteiger charge is 2.15. The SMILES string of the molecule is Brc1cc2c(cc1/C=N/n1cncn1)OCO2. The molecule has 1 aliphatic rings. The highest BCUT2D eigenvalue weighted by molar-refractivity contribution is 9.10. The molecule has 1 aliphatic heterocycles. The zero-order chi connectivity index (χ0) is 11.7. The van der Waals surface area contributed by atoms with Crippen molar-refractivity contribution in [3.8, 4) is 11.5 Å². The van der Waals surface area contributed by atoms with E-state index in [-0.39, 0.29) is 6.79 Å². The van der Waals surface area contributed by atoms with Crippen molar-refractivity contribution in [1.82, 2.24) is 14.9 Å². The van der Waals surface area contributed by atoms with Crippen LogP contribution in [0.3, 0.4) is 0 Å². The largest absolute Gasteiger partial charge is 0.454 e. The summed E-state index contributed by atoms with van der Waals surface area (Å²) in [5.74, 6) is 1.45. The number of hydrogen-bond donors (Lipinski definition) is 0. The second-order valence-electron chi connectivity index (χ2n) is 3.29. The first-order chi connectivity index (χ1) is 8.33. The first-order valence-corrected chi connectivity index (χ1v) is 5.60. The Morgan fingerprint density at radius 1 is 1.35 bits per heavy atom. The molecule has 7 heteroatoms. The fourth-order valence-corrected chi connectivity index (χ4v) is 1.84. The lowest BCUT2D eigenvalue weighted by atomic mass is 10.2. The smallest absolute Gasteiger partial charge is 0.231 e. The zero-order valence-electron chi connectivity index (χ0n) is 8.58. The summed E-state index contributed by atoms with van der Waals surface area (Å²) in [6.07, 6.45) is 4.60. The highest BCUT2D eigenvalue weighted by Crippen LogP contribution is 2.36. The molecule has 1 aromatic heterocycles. The van der Waals surface area contributed by atoms with Crippen LogP contribution in [0.4, 0.5) is 0 Å². The monoisotopic (exact) mass is 294 g/mol. The van der Waals surface area contributed by atoms with E-state index in [4.69, 9.17) is 9.47 Å². The van der Waals surface area contributed by atoms with Crippen molar-refractivity contribution in [2.75, 3.05) is 6.79 Å². The predicted octanol–water partition coefficient (Wildman–Crippen LogP) is 1.65. The normalized spacial score (nSPS) is 13.5. The maximum absolute atomic E-state index is 5.29. The second-order valence-corrected chi connectivity index (χ2v) is 4.14. The first kappa shape index (κ1) is 10.3. The van der Waals surface area contributed by atoms with Crippen LogP contribution in [0.2, 0.25) is 0 Å². The molecular weight excluding hydrogens is 288 g/mol. The van der Waals surface area contributed by atoms with E-state index in [0.29, 0.717) is 5.75 Å². The van der Waals surface area contributed by atoms with Gasteiger partial charge < -0.3 is 9.47 Å². The van der Waals surface area contributed by atoms with E-state index in [1.807, 2.05) is 12.1 Å². The van der Waals surface area contributed by atoms with Gasteiger partial charge in [0.1, 0.15) is 12.7 Å². The third kappa shape index (κ3) is 2.01. The molecule has 0 radical (unpaired) electrons. The number of rotatable bonds is 2. The number of fused-ring (bicyclic) bond motifs is 1. The minimum Gasteiger partial charge on any atom is -0.454 e. The highest BCUT2D eigenvalue weighted by atomic mass is 79.9. The molecule has 0 amide bonds. The summed E-state index contributed by atoms with van der Waals surface area (Å²) in [5, 5.41) is 7.98. The summed E-state index contributed by atoms with van der Waals surface area (Å²) in [4.78, 5) is 5.17. The molecule has 6 nitrogen and oxygen atoms in total. The maximum Gasteiger partial charge on any atom is 0.231 e. The molecule has 0 N–H and O–H groups in total.